The monoisotopic (exact) mass is 428 g/mol. The van der Waals surface area contributed by atoms with Crippen LogP contribution < -0.4 is 0 Å². The standard InChI is InChI=1S/C28H26O4/c1-3-32-28(31)20(2)19-24(21-13-7-4-8-14-21)25(26(29)22-15-9-5-10-16-22)27(30)23-17-11-6-12-18-23/h4-19,24-25H,3H2,1-2H3/b20-19+/i24D,25D. The fraction of sp³-hybridized carbons (Fsp3) is 0.179. The number of Topliss-reactive ketones (excluding diaryl/α,β-unsaturated/α-hetero) is 2. The number of esters is 1. The van der Waals surface area contributed by atoms with E-state index in [-0.39, 0.29) is 28.9 Å². The molecular weight excluding hydrogens is 400 g/mol. The van der Waals surface area contributed by atoms with Crippen LogP contribution in [0.2, 0.25) is 0 Å². The van der Waals surface area contributed by atoms with E-state index >= 15 is 0 Å². The summed E-state index contributed by atoms with van der Waals surface area (Å²) in [4.78, 5) is 40.3. The normalized spacial score (nSPS) is 14.5. The molecule has 3 rings (SSSR count). The number of hydrogen-bond acceptors (Lipinski definition) is 4. The Kier molecular flexibility index (Phi) is 6.92. The average molecular weight is 429 g/mol. The average Bonchev–Trinajstić information content (AvgIpc) is 2.88. The van der Waals surface area contributed by atoms with E-state index in [1.807, 2.05) is 0 Å². The largest absolute Gasteiger partial charge is 0.463 e. The van der Waals surface area contributed by atoms with Crippen LogP contribution in [-0.2, 0) is 9.53 Å². The van der Waals surface area contributed by atoms with Gasteiger partial charge in [-0.2, -0.15) is 0 Å². The van der Waals surface area contributed by atoms with Gasteiger partial charge in [0.2, 0.25) is 0 Å². The van der Waals surface area contributed by atoms with Gasteiger partial charge in [-0.25, -0.2) is 4.79 Å². The van der Waals surface area contributed by atoms with Crippen LogP contribution in [0.5, 0.6) is 0 Å². The van der Waals surface area contributed by atoms with Gasteiger partial charge in [-0.05, 0) is 19.4 Å². The van der Waals surface area contributed by atoms with Gasteiger partial charge in [0.1, 0.15) is 0 Å². The van der Waals surface area contributed by atoms with Crippen LogP contribution in [0.3, 0.4) is 0 Å². The van der Waals surface area contributed by atoms with Gasteiger partial charge in [0, 0.05) is 25.3 Å². The van der Waals surface area contributed by atoms with E-state index < -0.39 is 29.3 Å². The van der Waals surface area contributed by atoms with Crippen LogP contribution in [0, 0.1) is 5.89 Å². The molecule has 0 heterocycles. The zero-order valence-electron chi connectivity index (χ0n) is 20.1. The molecule has 162 valence electrons. The third kappa shape index (κ3) is 5.46. The minimum absolute atomic E-state index is 0.0269. The summed E-state index contributed by atoms with van der Waals surface area (Å²) in [6.07, 6.45) is 1.19. The summed E-state index contributed by atoms with van der Waals surface area (Å²) < 4.78 is 24.0. The van der Waals surface area contributed by atoms with Gasteiger partial charge in [-0.3, -0.25) is 9.59 Å². The second-order valence-corrected chi connectivity index (χ2v) is 7.09. The van der Waals surface area contributed by atoms with Crippen molar-refractivity contribution in [2.45, 2.75) is 19.7 Å². The predicted molar refractivity (Wildman–Crippen MR) is 125 cm³/mol. The SMILES string of the molecule is [2H]C(C(=O)c1ccccc1)(C(=O)c1ccccc1)C([2H])(/C=C(\C)C(=O)OCC)c1ccccc1. The van der Waals surface area contributed by atoms with Crippen molar-refractivity contribution in [3.8, 4) is 0 Å². The molecule has 1 atom stereocenters. The van der Waals surface area contributed by atoms with Crippen molar-refractivity contribution < 1.29 is 21.9 Å². The van der Waals surface area contributed by atoms with E-state index in [4.69, 9.17) is 4.74 Å². The second-order valence-electron chi connectivity index (χ2n) is 7.09. The molecule has 0 aromatic heterocycles. The molecule has 3 aromatic carbocycles. The minimum Gasteiger partial charge on any atom is -0.463 e. The van der Waals surface area contributed by atoms with Crippen LogP contribution in [0.4, 0.5) is 0 Å². The smallest absolute Gasteiger partial charge is 0.333 e. The number of carbonyl (C=O) groups is 3. The van der Waals surface area contributed by atoms with Crippen LogP contribution in [0.25, 0.3) is 0 Å². The lowest BCUT2D eigenvalue weighted by atomic mass is 9.76. The minimum atomic E-state index is -2.65. The van der Waals surface area contributed by atoms with Gasteiger partial charge in [0.15, 0.2) is 11.6 Å². The van der Waals surface area contributed by atoms with Crippen LogP contribution >= 0.6 is 0 Å². The second kappa shape index (κ2) is 11.0. The number of hydrogen-bond donors (Lipinski definition) is 0. The summed E-state index contributed by atoms with van der Waals surface area (Å²) in [5, 5.41) is 0. The van der Waals surface area contributed by atoms with E-state index in [9.17, 15) is 17.1 Å². The molecular formula is C28H26O4. The van der Waals surface area contributed by atoms with Gasteiger partial charge in [0.25, 0.3) is 0 Å². The summed E-state index contributed by atoms with van der Waals surface area (Å²) in [5.41, 5.74) is 0.495. The summed E-state index contributed by atoms with van der Waals surface area (Å²) in [5.74, 6) is -7.25. The van der Waals surface area contributed by atoms with Crippen LogP contribution in [-0.4, -0.2) is 24.1 Å². The molecule has 0 spiro atoms. The number of allylic oxidation sites excluding steroid dienone is 1. The summed E-state index contributed by atoms with van der Waals surface area (Å²) in [6, 6.07) is 24.2. The zero-order chi connectivity index (χ0) is 24.8. The molecule has 0 fully saturated rings. The molecule has 3 aromatic rings. The van der Waals surface area contributed by atoms with Gasteiger partial charge in [-0.15, -0.1) is 0 Å². The fourth-order valence-corrected chi connectivity index (χ4v) is 3.25. The van der Waals surface area contributed by atoms with E-state index in [0.29, 0.717) is 0 Å². The van der Waals surface area contributed by atoms with Crippen molar-refractivity contribution in [1.82, 2.24) is 0 Å². The first-order chi connectivity index (χ1) is 16.3. The van der Waals surface area contributed by atoms with Gasteiger partial charge in [0.05, 0.1) is 12.5 Å². The van der Waals surface area contributed by atoms with Crippen molar-refractivity contribution in [2.24, 2.45) is 5.89 Å². The van der Waals surface area contributed by atoms with Crippen molar-refractivity contribution in [3.05, 3.63) is 119 Å². The lowest BCUT2D eigenvalue weighted by molar-refractivity contribution is -0.138. The first-order valence-corrected chi connectivity index (χ1v) is 10.4. The van der Waals surface area contributed by atoms with Crippen molar-refractivity contribution in [3.63, 3.8) is 0 Å². The molecule has 0 N–H and O–H groups in total. The third-order valence-electron chi connectivity index (χ3n) is 4.84. The summed E-state index contributed by atoms with van der Waals surface area (Å²) in [6.45, 7) is 3.23. The highest BCUT2D eigenvalue weighted by atomic mass is 16.5. The Hall–Kier alpha value is -3.79. The maximum Gasteiger partial charge on any atom is 0.333 e. The van der Waals surface area contributed by atoms with E-state index in [0.717, 1.165) is 0 Å². The number of rotatable bonds is 9. The molecule has 0 radical (unpaired) electrons. The van der Waals surface area contributed by atoms with Crippen molar-refractivity contribution in [1.29, 1.82) is 0 Å². The molecule has 0 bridgehead atoms. The summed E-state index contributed by atoms with van der Waals surface area (Å²) in [7, 11) is 0. The first-order valence-electron chi connectivity index (χ1n) is 11.4. The van der Waals surface area contributed by atoms with E-state index in [2.05, 4.69) is 0 Å². The van der Waals surface area contributed by atoms with Crippen molar-refractivity contribution >= 4 is 17.5 Å². The van der Waals surface area contributed by atoms with Gasteiger partial charge in [-0.1, -0.05) is 97.1 Å². The number of carbonyl (C=O) groups excluding carboxylic acids is 3. The maximum absolute atomic E-state index is 13.9. The highest BCUT2D eigenvalue weighted by Gasteiger charge is 2.36. The van der Waals surface area contributed by atoms with Crippen LogP contribution in [0.1, 0.15) is 48.8 Å². The Morgan fingerprint density at radius 3 is 1.69 bits per heavy atom. The van der Waals surface area contributed by atoms with Crippen molar-refractivity contribution in [2.75, 3.05) is 6.61 Å². The van der Waals surface area contributed by atoms with E-state index in [1.165, 1.54) is 37.3 Å². The molecule has 4 nitrogen and oxygen atoms in total. The van der Waals surface area contributed by atoms with Gasteiger partial charge >= 0.3 is 5.97 Å². The number of ketones is 2. The van der Waals surface area contributed by atoms with Crippen LogP contribution in [0.15, 0.2) is 103 Å². The molecule has 0 saturated heterocycles. The lowest BCUT2D eigenvalue weighted by Gasteiger charge is -2.24. The predicted octanol–water partition coefficient (Wildman–Crippen LogP) is 5.66. The Balaban J connectivity index is 2.34. The molecule has 0 amide bonds. The zero-order valence-corrected chi connectivity index (χ0v) is 18.1. The van der Waals surface area contributed by atoms with E-state index in [1.54, 1.807) is 73.7 Å². The Bertz CT molecular complexity index is 1140. The maximum atomic E-state index is 13.9. The Morgan fingerprint density at radius 1 is 0.812 bits per heavy atom. The Morgan fingerprint density at radius 2 is 1.25 bits per heavy atom. The fourth-order valence-electron chi connectivity index (χ4n) is 3.25. The van der Waals surface area contributed by atoms with Gasteiger partial charge < -0.3 is 4.74 Å². The Labute approximate surface area is 191 Å². The molecule has 1 unspecified atom stereocenters. The molecule has 0 aliphatic carbocycles. The molecule has 4 heteroatoms. The summed E-state index contributed by atoms with van der Waals surface area (Å²) >= 11 is 0. The third-order valence-corrected chi connectivity index (χ3v) is 4.84. The molecule has 0 saturated carbocycles. The first kappa shape index (κ1) is 20.1. The molecule has 0 aliphatic rings. The number of ether oxygens (including phenoxy) is 1. The lowest BCUT2D eigenvalue weighted by Crippen LogP contribution is -2.30. The quantitative estimate of drug-likeness (QED) is 0.191. The highest BCUT2D eigenvalue weighted by molar-refractivity contribution is 6.17. The highest BCUT2D eigenvalue weighted by Crippen LogP contribution is 2.33. The number of benzene rings is 3. The molecule has 32 heavy (non-hydrogen) atoms. The molecule has 0 aliphatic heterocycles. The topological polar surface area (TPSA) is 60.4 Å².